The lowest BCUT2D eigenvalue weighted by Crippen LogP contribution is -2.38. The Balaban J connectivity index is 2.85. The Hall–Kier alpha value is -1.42. The molecule has 1 rings (SSSR count). The molecule has 0 radical (unpaired) electrons. The van der Waals surface area contributed by atoms with Crippen LogP contribution in [-0.4, -0.2) is 19.5 Å². The third-order valence-corrected chi connectivity index (χ3v) is 3.02. The van der Waals surface area contributed by atoms with E-state index in [2.05, 4.69) is 20.8 Å². The molecule has 0 spiro atoms. The summed E-state index contributed by atoms with van der Waals surface area (Å²) in [5.74, 6) is -0.659. The van der Waals surface area contributed by atoms with Gasteiger partial charge in [-0.15, -0.1) is 0 Å². The van der Waals surface area contributed by atoms with Crippen LogP contribution >= 0.6 is 0 Å². The number of halogens is 1. The highest BCUT2D eigenvalue weighted by Gasteiger charge is 2.26. The number of carbonyl (C=O) groups excluding carboxylic acids is 1. The van der Waals surface area contributed by atoms with E-state index in [0.717, 1.165) is 0 Å². The molecule has 4 heteroatoms. The number of hydrogen-bond donors (Lipinski definition) is 1. The van der Waals surface area contributed by atoms with E-state index in [1.807, 2.05) is 0 Å². The van der Waals surface area contributed by atoms with Crippen LogP contribution in [0.5, 0.6) is 0 Å². The van der Waals surface area contributed by atoms with Crippen molar-refractivity contribution in [2.24, 2.45) is 17.1 Å². The van der Waals surface area contributed by atoms with Crippen LogP contribution in [0.2, 0.25) is 0 Å². The monoisotopic (exact) mass is 266 g/mol. The van der Waals surface area contributed by atoms with Crippen molar-refractivity contribution in [3.8, 4) is 0 Å². The molecule has 0 bridgehead atoms. The smallest absolute Gasteiger partial charge is 0.231 e. The summed E-state index contributed by atoms with van der Waals surface area (Å²) >= 11 is 0. The zero-order valence-electron chi connectivity index (χ0n) is 12.1. The molecule has 19 heavy (non-hydrogen) atoms. The number of carbonyl (C=O) groups is 1. The van der Waals surface area contributed by atoms with E-state index in [1.54, 1.807) is 19.2 Å². The van der Waals surface area contributed by atoms with Crippen LogP contribution in [-0.2, 0) is 4.79 Å². The van der Waals surface area contributed by atoms with Gasteiger partial charge in [-0.2, -0.15) is 0 Å². The highest BCUT2D eigenvalue weighted by atomic mass is 19.1. The number of amides is 1. The first-order valence-corrected chi connectivity index (χ1v) is 6.48. The van der Waals surface area contributed by atoms with E-state index in [0.29, 0.717) is 18.7 Å². The van der Waals surface area contributed by atoms with Crippen LogP contribution < -0.4 is 10.6 Å². The largest absolute Gasteiger partial charge is 0.330 e. The molecule has 1 unspecified atom stereocenters. The van der Waals surface area contributed by atoms with Gasteiger partial charge < -0.3 is 10.6 Å². The Morgan fingerprint density at radius 3 is 2.53 bits per heavy atom. The number of rotatable bonds is 4. The predicted molar refractivity (Wildman–Crippen MR) is 76.4 cm³/mol. The van der Waals surface area contributed by atoms with E-state index in [-0.39, 0.29) is 23.1 Å². The molecule has 1 aromatic carbocycles. The second-order valence-electron chi connectivity index (χ2n) is 6.07. The van der Waals surface area contributed by atoms with Crippen LogP contribution in [0.25, 0.3) is 0 Å². The third kappa shape index (κ3) is 4.63. The van der Waals surface area contributed by atoms with Crippen LogP contribution in [0.3, 0.4) is 0 Å². The van der Waals surface area contributed by atoms with E-state index in [9.17, 15) is 9.18 Å². The molecule has 0 aliphatic rings. The molecule has 0 aliphatic heterocycles. The van der Waals surface area contributed by atoms with Gasteiger partial charge in [-0.1, -0.05) is 26.8 Å². The lowest BCUT2D eigenvalue weighted by Gasteiger charge is -2.28. The second-order valence-corrected chi connectivity index (χ2v) is 6.07. The molecule has 1 aromatic rings. The van der Waals surface area contributed by atoms with Crippen molar-refractivity contribution in [2.45, 2.75) is 27.2 Å². The highest BCUT2D eigenvalue weighted by molar-refractivity contribution is 5.94. The summed E-state index contributed by atoms with van der Waals surface area (Å²) in [5.41, 5.74) is 6.29. The fourth-order valence-electron chi connectivity index (χ4n) is 2.10. The Labute approximate surface area is 114 Å². The zero-order valence-corrected chi connectivity index (χ0v) is 12.1. The van der Waals surface area contributed by atoms with Crippen molar-refractivity contribution in [3.63, 3.8) is 0 Å². The summed E-state index contributed by atoms with van der Waals surface area (Å²) in [5, 5.41) is 0. The number of benzene rings is 1. The first-order chi connectivity index (χ1) is 8.74. The summed E-state index contributed by atoms with van der Waals surface area (Å²) in [6.07, 6.45) is 0.710. The van der Waals surface area contributed by atoms with Crippen molar-refractivity contribution in [3.05, 3.63) is 30.1 Å². The average molecular weight is 266 g/mol. The average Bonchev–Trinajstić information content (AvgIpc) is 2.33. The highest BCUT2D eigenvalue weighted by Crippen LogP contribution is 2.26. The van der Waals surface area contributed by atoms with E-state index in [1.165, 1.54) is 17.0 Å². The first-order valence-electron chi connectivity index (χ1n) is 6.48. The standard InChI is InChI=1S/C15H23FN2O/c1-15(2,3)9-11(10-17)14(19)18(4)13-7-5-6-12(16)8-13/h5-8,11H,9-10,17H2,1-4H3. The normalized spacial score (nSPS) is 13.2. The van der Waals surface area contributed by atoms with Gasteiger partial charge >= 0.3 is 0 Å². The minimum Gasteiger partial charge on any atom is -0.330 e. The molecule has 3 nitrogen and oxygen atoms in total. The Bertz CT molecular complexity index is 440. The number of hydrogen-bond acceptors (Lipinski definition) is 2. The lowest BCUT2D eigenvalue weighted by atomic mass is 9.84. The van der Waals surface area contributed by atoms with Crippen LogP contribution in [0.15, 0.2) is 24.3 Å². The van der Waals surface area contributed by atoms with Gasteiger partial charge in [0.05, 0.1) is 5.92 Å². The van der Waals surface area contributed by atoms with Gasteiger partial charge in [0.1, 0.15) is 5.82 Å². The minimum absolute atomic E-state index is 0.0302. The summed E-state index contributed by atoms with van der Waals surface area (Å²) in [7, 11) is 1.66. The van der Waals surface area contributed by atoms with Crippen molar-refractivity contribution >= 4 is 11.6 Å². The first kappa shape index (κ1) is 15.6. The fourth-order valence-corrected chi connectivity index (χ4v) is 2.10. The predicted octanol–water partition coefficient (Wildman–Crippen LogP) is 2.80. The molecule has 0 saturated heterocycles. The van der Waals surface area contributed by atoms with Gasteiger partial charge in [0, 0.05) is 19.3 Å². The van der Waals surface area contributed by atoms with Gasteiger partial charge in [0.2, 0.25) is 5.91 Å². The molecule has 0 saturated carbocycles. The summed E-state index contributed by atoms with van der Waals surface area (Å²) in [6.45, 7) is 6.52. The second kappa shape index (κ2) is 6.15. The summed E-state index contributed by atoms with van der Waals surface area (Å²) < 4.78 is 13.2. The maximum atomic E-state index is 13.2. The van der Waals surface area contributed by atoms with Gasteiger partial charge in [-0.3, -0.25) is 4.79 Å². The van der Waals surface area contributed by atoms with Crippen molar-refractivity contribution in [1.82, 2.24) is 0 Å². The number of nitrogens with two attached hydrogens (primary N) is 1. The van der Waals surface area contributed by atoms with Crippen molar-refractivity contribution < 1.29 is 9.18 Å². The van der Waals surface area contributed by atoms with E-state index in [4.69, 9.17) is 5.73 Å². The maximum Gasteiger partial charge on any atom is 0.231 e. The molecule has 106 valence electrons. The van der Waals surface area contributed by atoms with Crippen LogP contribution in [0, 0.1) is 17.2 Å². The lowest BCUT2D eigenvalue weighted by molar-refractivity contribution is -0.122. The van der Waals surface area contributed by atoms with Gasteiger partial charge in [-0.25, -0.2) is 4.39 Å². The zero-order chi connectivity index (χ0) is 14.6. The van der Waals surface area contributed by atoms with Gasteiger partial charge in [0.15, 0.2) is 0 Å². The maximum absolute atomic E-state index is 13.2. The quantitative estimate of drug-likeness (QED) is 0.911. The topological polar surface area (TPSA) is 46.3 Å². The van der Waals surface area contributed by atoms with E-state index >= 15 is 0 Å². The molecule has 0 fully saturated rings. The molecule has 1 amide bonds. The Kier molecular flexibility index (Phi) is 5.06. The molecule has 2 N–H and O–H groups in total. The molecule has 0 aromatic heterocycles. The minimum atomic E-state index is -0.350. The Morgan fingerprint density at radius 1 is 1.42 bits per heavy atom. The fraction of sp³-hybridized carbons (Fsp3) is 0.533. The summed E-state index contributed by atoms with van der Waals surface area (Å²) in [6, 6.07) is 6.02. The van der Waals surface area contributed by atoms with Crippen molar-refractivity contribution in [1.29, 1.82) is 0 Å². The van der Waals surface area contributed by atoms with Gasteiger partial charge in [-0.05, 0) is 30.0 Å². The molecular formula is C15H23FN2O. The van der Waals surface area contributed by atoms with Crippen LogP contribution in [0.1, 0.15) is 27.2 Å². The molecule has 0 heterocycles. The number of anilines is 1. The third-order valence-electron chi connectivity index (χ3n) is 3.02. The SMILES string of the molecule is CN(C(=O)C(CN)CC(C)(C)C)c1cccc(F)c1. The Morgan fingerprint density at radius 2 is 2.05 bits per heavy atom. The van der Waals surface area contributed by atoms with Crippen LogP contribution in [0.4, 0.5) is 10.1 Å². The van der Waals surface area contributed by atoms with Gasteiger partial charge in [0.25, 0.3) is 0 Å². The van der Waals surface area contributed by atoms with E-state index < -0.39 is 0 Å². The number of nitrogens with zero attached hydrogens (tertiary/aromatic N) is 1. The summed E-state index contributed by atoms with van der Waals surface area (Å²) in [4.78, 5) is 13.9. The molecule has 0 aliphatic carbocycles. The molecular weight excluding hydrogens is 243 g/mol. The molecule has 1 atom stereocenters. The van der Waals surface area contributed by atoms with Crippen molar-refractivity contribution in [2.75, 3.05) is 18.5 Å².